The predicted molar refractivity (Wildman–Crippen MR) is 62.3 cm³/mol. The van der Waals surface area contributed by atoms with Gasteiger partial charge in [-0.15, -0.1) is 11.3 Å². The molecule has 0 aromatic carbocycles. The molecule has 0 aliphatic heterocycles. The van der Waals surface area contributed by atoms with Crippen LogP contribution in [0.2, 0.25) is 0 Å². The molecule has 0 saturated carbocycles. The summed E-state index contributed by atoms with van der Waals surface area (Å²) < 4.78 is 0. The van der Waals surface area contributed by atoms with Crippen molar-refractivity contribution in [3.05, 3.63) is 28.0 Å². The SMILES string of the molecule is C=Cc1scc(CC(C)C)c1CC. The Morgan fingerprint density at radius 2 is 2.23 bits per heavy atom. The average molecular weight is 194 g/mol. The van der Waals surface area contributed by atoms with E-state index in [-0.39, 0.29) is 0 Å². The van der Waals surface area contributed by atoms with Crippen LogP contribution in [0.4, 0.5) is 0 Å². The van der Waals surface area contributed by atoms with Crippen LogP contribution in [-0.4, -0.2) is 0 Å². The molecule has 0 aliphatic rings. The van der Waals surface area contributed by atoms with Gasteiger partial charge in [0.2, 0.25) is 0 Å². The van der Waals surface area contributed by atoms with Crippen LogP contribution < -0.4 is 0 Å². The molecule has 1 aromatic heterocycles. The van der Waals surface area contributed by atoms with Crippen LogP contribution in [0.5, 0.6) is 0 Å². The van der Waals surface area contributed by atoms with Gasteiger partial charge in [0.15, 0.2) is 0 Å². The standard InChI is InChI=1S/C12H18S/c1-5-11-10(7-9(3)4)8-13-12(11)6-2/h6,8-9H,2,5,7H2,1,3-4H3. The lowest BCUT2D eigenvalue weighted by Gasteiger charge is -2.05. The summed E-state index contributed by atoms with van der Waals surface area (Å²) in [5, 5.41) is 2.29. The lowest BCUT2D eigenvalue weighted by Crippen LogP contribution is -1.96. The maximum absolute atomic E-state index is 3.84. The van der Waals surface area contributed by atoms with E-state index in [0.717, 1.165) is 12.3 Å². The van der Waals surface area contributed by atoms with Crippen LogP contribution in [0, 0.1) is 5.92 Å². The smallest absolute Gasteiger partial charge is 0.0299 e. The Hall–Kier alpha value is -0.560. The first-order valence-electron chi connectivity index (χ1n) is 4.90. The van der Waals surface area contributed by atoms with Crippen LogP contribution in [-0.2, 0) is 12.8 Å². The van der Waals surface area contributed by atoms with Gasteiger partial charge in [0, 0.05) is 4.88 Å². The zero-order chi connectivity index (χ0) is 9.84. The van der Waals surface area contributed by atoms with E-state index in [0.29, 0.717) is 0 Å². The number of hydrogen-bond donors (Lipinski definition) is 0. The third-order valence-corrected chi connectivity index (χ3v) is 3.25. The van der Waals surface area contributed by atoms with Crippen molar-refractivity contribution >= 4 is 17.4 Å². The van der Waals surface area contributed by atoms with E-state index >= 15 is 0 Å². The van der Waals surface area contributed by atoms with E-state index in [1.54, 1.807) is 0 Å². The quantitative estimate of drug-likeness (QED) is 0.675. The van der Waals surface area contributed by atoms with E-state index in [4.69, 9.17) is 0 Å². The first kappa shape index (κ1) is 10.5. The van der Waals surface area contributed by atoms with Gasteiger partial charge in [0.25, 0.3) is 0 Å². The largest absolute Gasteiger partial charge is 0.144 e. The van der Waals surface area contributed by atoms with Gasteiger partial charge in [-0.25, -0.2) is 0 Å². The van der Waals surface area contributed by atoms with Gasteiger partial charge in [-0.2, -0.15) is 0 Å². The molecule has 0 saturated heterocycles. The number of thiophene rings is 1. The molecule has 72 valence electrons. The van der Waals surface area contributed by atoms with Crippen LogP contribution >= 0.6 is 11.3 Å². The van der Waals surface area contributed by atoms with E-state index in [1.165, 1.54) is 22.4 Å². The maximum Gasteiger partial charge on any atom is 0.0299 e. The third-order valence-electron chi connectivity index (χ3n) is 2.18. The van der Waals surface area contributed by atoms with Crippen molar-refractivity contribution in [2.24, 2.45) is 5.92 Å². The van der Waals surface area contributed by atoms with E-state index in [1.807, 2.05) is 17.4 Å². The zero-order valence-electron chi connectivity index (χ0n) is 8.76. The van der Waals surface area contributed by atoms with Crippen molar-refractivity contribution in [1.82, 2.24) is 0 Å². The highest BCUT2D eigenvalue weighted by molar-refractivity contribution is 7.11. The Labute approximate surface area is 85.3 Å². The van der Waals surface area contributed by atoms with E-state index < -0.39 is 0 Å². The lowest BCUT2D eigenvalue weighted by atomic mass is 9.99. The van der Waals surface area contributed by atoms with E-state index in [2.05, 4.69) is 32.7 Å². The van der Waals surface area contributed by atoms with Gasteiger partial charge in [-0.05, 0) is 35.3 Å². The molecule has 0 radical (unpaired) electrons. The molecule has 0 bridgehead atoms. The Balaban J connectivity index is 2.93. The van der Waals surface area contributed by atoms with Crippen LogP contribution in [0.15, 0.2) is 12.0 Å². The molecule has 0 fully saturated rings. The highest BCUT2D eigenvalue weighted by atomic mass is 32.1. The van der Waals surface area contributed by atoms with Crippen molar-refractivity contribution in [3.63, 3.8) is 0 Å². The third kappa shape index (κ3) is 2.44. The maximum atomic E-state index is 3.84. The fourth-order valence-electron chi connectivity index (χ4n) is 1.62. The normalized spacial score (nSPS) is 10.8. The molecule has 0 nitrogen and oxygen atoms in total. The second-order valence-electron chi connectivity index (χ2n) is 3.76. The zero-order valence-corrected chi connectivity index (χ0v) is 9.58. The minimum atomic E-state index is 0.748. The molecule has 13 heavy (non-hydrogen) atoms. The van der Waals surface area contributed by atoms with Crippen molar-refractivity contribution in [3.8, 4) is 0 Å². The Bertz CT molecular complexity index is 281. The average Bonchev–Trinajstić information content (AvgIpc) is 2.45. The fraction of sp³-hybridized carbons (Fsp3) is 0.500. The van der Waals surface area contributed by atoms with Crippen LogP contribution in [0.25, 0.3) is 6.08 Å². The van der Waals surface area contributed by atoms with Gasteiger partial charge in [-0.3, -0.25) is 0 Å². The molecule has 0 spiro atoms. The van der Waals surface area contributed by atoms with Crippen molar-refractivity contribution in [2.45, 2.75) is 33.6 Å². The Morgan fingerprint density at radius 3 is 2.69 bits per heavy atom. The first-order valence-corrected chi connectivity index (χ1v) is 5.78. The van der Waals surface area contributed by atoms with Gasteiger partial charge in [0.05, 0.1) is 0 Å². The summed E-state index contributed by atoms with van der Waals surface area (Å²) in [5.41, 5.74) is 3.03. The van der Waals surface area contributed by atoms with Gasteiger partial charge in [-0.1, -0.05) is 33.4 Å². The molecular formula is C12H18S. The van der Waals surface area contributed by atoms with Crippen molar-refractivity contribution in [2.75, 3.05) is 0 Å². The van der Waals surface area contributed by atoms with Crippen molar-refractivity contribution < 1.29 is 0 Å². The summed E-state index contributed by atoms with van der Waals surface area (Å²) >= 11 is 1.82. The fourth-order valence-corrected chi connectivity index (χ4v) is 2.64. The summed E-state index contributed by atoms with van der Waals surface area (Å²) in [6, 6.07) is 0. The summed E-state index contributed by atoms with van der Waals surface area (Å²) in [5.74, 6) is 0.748. The summed E-state index contributed by atoms with van der Waals surface area (Å²) in [6.45, 7) is 10.6. The Kier molecular flexibility index (Phi) is 3.73. The predicted octanol–water partition coefficient (Wildman–Crippen LogP) is 4.15. The molecular weight excluding hydrogens is 176 g/mol. The molecule has 0 amide bonds. The molecule has 1 aromatic rings. The number of hydrogen-bond acceptors (Lipinski definition) is 1. The molecule has 1 heterocycles. The first-order chi connectivity index (χ1) is 6.19. The summed E-state index contributed by atoms with van der Waals surface area (Å²) in [4.78, 5) is 1.36. The minimum Gasteiger partial charge on any atom is -0.144 e. The lowest BCUT2D eigenvalue weighted by molar-refractivity contribution is 0.645. The minimum absolute atomic E-state index is 0.748. The van der Waals surface area contributed by atoms with Gasteiger partial charge >= 0.3 is 0 Å². The number of rotatable bonds is 4. The molecule has 1 rings (SSSR count). The highest BCUT2D eigenvalue weighted by Gasteiger charge is 2.08. The van der Waals surface area contributed by atoms with Crippen molar-refractivity contribution in [1.29, 1.82) is 0 Å². The summed E-state index contributed by atoms with van der Waals surface area (Å²) in [7, 11) is 0. The topological polar surface area (TPSA) is 0 Å². The van der Waals surface area contributed by atoms with Crippen LogP contribution in [0.1, 0.15) is 36.8 Å². The molecule has 1 heteroatoms. The van der Waals surface area contributed by atoms with Crippen LogP contribution in [0.3, 0.4) is 0 Å². The van der Waals surface area contributed by atoms with E-state index in [9.17, 15) is 0 Å². The molecule has 0 aliphatic carbocycles. The molecule has 0 atom stereocenters. The molecule has 0 unspecified atom stereocenters. The monoisotopic (exact) mass is 194 g/mol. The molecule has 0 N–H and O–H groups in total. The second kappa shape index (κ2) is 4.61. The second-order valence-corrected chi connectivity index (χ2v) is 4.67. The summed E-state index contributed by atoms with van der Waals surface area (Å²) in [6.07, 6.45) is 4.31. The Morgan fingerprint density at radius 1 is 1.54 bits per heavy atom. The highest BCUT2D eigenvalue weighted by Crippen LogP contribution is 2.26. The van der Waals surface area contributed by atoms with Gasteiger partial charge < -0.3 is 0 Å². The van der Waals surface area contributed by atoms with Gasteiger partial charge in [0.1, 0.15) is 0 Å².